The molecular weight excluding hydrogens is 232 g/mol. The highest BCUT2D eigenvalue weighted by molar-refractivity contribution is 5.99. The molecule has 1 heterocycles. The van der Waals surface area contributed by atoms with Crippen molar-refractivity contribution in [3.8, 4) is 5.75 Å². The van der Waals surface area contributed by atoms with Gasteiger partial charge >= 0.3 is 11.9 Å². The van der Waals surface area contributed by atoms with Crippen molar-refractivity contribution in [3.05, 3.63) is 29.8 Å². The Labute approximate surface area is 106 Å². The van der Waals surface area contributed by atoms with E-state index in [0.29, 0.717) is 17.9 Å². The standard InChI is InChI=1S/C14H16O4/c1-8(2)7-11-12(14(17)18-13(11)16)9-3-5-10(15)6-4-9/h3-6,8,11-12,15H,7H2,1-2H3/t11-,12+/m0/s1. The van der Waals surface area contributed by atoms with E-state index < -0.39 is 23.8 Å². The Morgan fingerprint density at radius 1 is 1.17 bits per heavy atom. The van der Waals surface area contributed by atoms with Crippen LogP contribution in [0.5, 0.6) is 5.75 Å². The molecule has 1 aromatic rings. The molecule has 1 aliphatic rings. The van der Waals surface area contributed by atoms with Gasteiger partial charge in [-0.15, -0.1) is 0 Å². The molecule has 96 valence electrons. The van der Waals surface area contributed by atoms with Gasteiger partial charge in [0.05, 0.1) is 11.8 Å². The van der Waals surface area contributed by atoms with Crippen LogP contribution in [-0.2, 0) is 14.3 Å². The second-order valence-electron chi connectivity index (χ2n) is 5.05. The van der Waals surface area contributed by atoms with Gasteiger partial charge in [0.1, 0.15) is 5.75 Å². The van der Waals surface area contributed by atoms with Crippen LogP contribution in [0.25, 0.3) is 0 Å². The summed E-state index contributed by atoms with van der Waals surface area (Å²) in [7, 11) is 0. The molecule has 1 saturated heterocycles. The van der Waals surface area contributed by atoms with Gasteiger partial charge < -0.3 is 9.84 Å². The zero-order valence-corrected chi connectivity index (χ0v) is 10.4. The average molecular weight is 248 g/mol. The number of phenols is 1. The number of esters is 2. The first kappa shape index (κ1) is 12.6. The molecular formula is C14H16O4. The summed E-state index contributed by atoms with van der Waals surface area (Å²) in [6.45, 7) is 4.01. The Morgan fingerprint density at radius 2 is 1.78 bits per heavy atom. The molecule has 4 nitrogen and oxygen atoms in total. The zero-order chi connectivity index (χ0) is 13.3. The van der Waals surface area contributed by atoms with Crippen LogP contribution in [0.3, 0.4) is 0 Å². The van der Waals surface area contributed by atoms with Gasteiger partial charge in [0.2, 0.25) is 0 Å². The second-order valence-corrected chi connectivity index (χ2v) is 5.05. The van der Waals surface area contributed by atoms with Crippen LogP contribution in [0.2, 0.25) is 0 Å². The van der Waals surface area contributed by atoms with E-state index in [0.717, 1.165) is 0 Å². The fraction of sp³-hybridized carbons (Fsp3) is 0.429. The fourth-order valence-electron chi connectivity index (χ4n) is 2.33. The van der Waals surface area contributed by atoms with Crippen LogP contribution < -0.4 is 0 Å². The highest BCUT2D eigenvalue weighted by Crippen LogP contribution is 2.37. The normalized spacial score (nSPS) is 23.5. The van der Waals surface area contributed by atoms with Crippen molar-refractivity contribution in [2.75, 3.05) is 0 Å². The molecule has 1 N–H and O–H groups in total. The number of hydrogen-bond donors (Lipinski definition) is 1. The number of benzene rings is 1. The topological polar surface area (TPSA) is 63.6 Å². The Balaban J connectivity index is 2.30. The lowest BCUT2D eigenvalue weighted by atomic mass is 9.83. The summed E-state index contributed by atoms with van der Waals surface area (Å²) >= 11 is 0. The Morgan fingerprint density at radius 3 is 2.33 bits per heavy atom. The first-order chi connectivity index (χ1) is 8.49. The van der Waals surface area contributed by atoms with Gasteiger partial charge in [-0.05, 0) is 30.0 Å². The van der Waals surface area contributed by atoms with Crippen molar-refractivity contribution in [1.82, 2.24) is 0 Å². The first-order valence-electron chi connectivity index (χ1n) is 6.03. The maximum absolute atomic E-state index is 11.8. The van der Waals surface area contributed by atoms with Crippen molar-refractivity contribution in [3.63, 3.8) is 0 Å². The molecule has 0 radical (unpaired) electrons. The van der Waals surface area contributed by atoms with Crippen LogP contribution in [0.4, 0.5) is 0 Å². The number of hydrogen-bond acceptors (Lipinski definition) is 4. The molecule has 2 atom stereocenters. The number of ether oxygens (including phenoxy) is 1. The van der Waals surface area contributed by atoms with Gasteiger partial charge in [-0.1, -0.05) is 26.0 Å². The molecule has 0 saturated carbocycles. The fourth-order valence-corrected chi connectivity index (χ4v) is 2.33. The van der Waals surface area contributed by atoms with Crippen molar-refractivity contribution in [1.29, 1.82) is 0 Å². The maximum Gasteiger partial charge on any atom is 0.321 e. The molecule has 1 aromatic carbocycles. The summed E-state index contributed by atoms with van der Waals surface area (Å²) < 4.78 is 4.73. The molecule has 0 spiro atoms. The van der Waals surface area contributed by atoms with Crippen molar-refractivity contribution < 1.29 is 19.4 Å². The van der Waals surface area contributed by atoms with Gasteiger partial charge in [0.25, 0.3) is 0 Å². The number of rotatable bonds is 3. The van der Waals surface area contributed by atoms with Crippen LogP contribution in [-0.4, -0.2) is 17.0 Å². The molecule has 0 bridgehead atoms. The summed E-state index contributed by atoms with van der Waals surface area (Å²) in [6, 6.07) is 6.34. The SMILES string of the molecule is CC(C)C[C@@H]1C(=O)OC(=O)[C@@H]1c1ccc(O)cc1. The third kappa shape index (κ3) is 2.37. The van der Waals surface area contributed by atoms with Crippen LogP contribution in [0, 0.1) is 11.8 Å². The van der Waals surface area contributed by atoms with Crippen molar-refractivity contribution in [2.45, 2.75) is 26.2 Å². The van der Waals surface area contributed by atoms with Gasteiger partial charge in [-0.2, -0.15) is 0 Å². The van der Waals surface area contributed by atoms with E-state index in [4.69, 9.17) is 4.74 Å². The van der Waals surface area contributed by atoms with E-state index in [1.165, 1.54) is 12.1 Å². The highest BCUT2D eigenvalue weighted by Gasteiger charge is 2.45. The Hall–Kier alpha value is -1.84. The van der Waals surface area contributed by atoms with E-state index >= 15 is 0 Å². The summed E-state index contributed by atoms with van der Waals surface area (Å²) in [5, 5.41) is 9.25. The Bertz CT molecular complexity index is 461. The van der Waals surface area contributed by atoms with Crippen LogP contribution in [0.1, 0.15) is 31.7 Å². The quantitative estimate of drug-likeness (QED) is 0.658. The monoisotopic (exact) mass is 248 g/mol. The summed E-state index contributed by atoms with van der Waals surface area (Å²) in [4.78, 5) is 23.4. The molecule has 0 unspecified atom stereocenters. The minimum atomic E-state index is -0.541. The molecule has 0 amide bonds. The lowest BCUT2D eigenvalue weighted by Gasteiger charge is -2.15. The molecule has 2 rings (SSSR count). The summed E-state index contributed by atoms with van der Waals surface area (Å²) in [5.41, 5.74) is 0.717. The lowest BCUT2D eigenvalue weighted by molar-refractivity contribution is -0.153. The summed E-state index contributed by atoms with van der Waals surface area (Å²) in [5.74, 6) is -1.43. The number of phenolic OH excluding ortho intramolecular Hbond substituents is 1. The molecule has 1 fully saturated rings. The van der Waals surface area contributed by atoms with Gasteiger partial charge in [0, 0.05) is 0 Å². The smallest absolute Gasteiger partial charge is 0.321 e. The highest BCUT2D eigenvalue weighted by atomic mass is 16.6. The van der Waals surface area contributed by atoms with Gasteiger partial charge in [-0.3, -0.25) is 9.59 Å². The number of cyclic esters (lactones) is 2. The minimum absolute atomic E-state index is 0.136. The number of carbonyl (C=O) groups is 2. The summed E-state index contributed by atoms with van der Waals surface area (Å²) in [6.07, 6.45) is 0.621. The molecule has 4 heteroatoms. The first-order valence-corrected chi connectivity index (χ1v) is 6.03. The molecule has 1 aliphatic heterocycles. The van der Waals surface area contributed by atoms with E-state index in [1.54, 1.807) is 12.1 Å². The molecule has 0 aromatic heterocycles. The van der Waals surface area contributed by atoms with Crippen LogP contribution in [0.15, 0.2) is 24.3 Å². The average Bonchev–Trinajstić information content (AvgIpc) is 2.55. The number of carbonyl (C=O) groups excluding carboxylic acids is 2. The van der Waals surface area contributed by atoms with Gasteiger partial charge in [-0.25, -0.2) is 0 Å². The van der Waals surface area contributed by atoms with Crippen molar-refractivity contribution >= 4 is 11.9 Å². The Kier molecular flexibility index (Phi) is 3.36. The predicted octanol–water partition coefficient (Wildman–Crippen LogP) is 2.22. The van der Waals surface area contributed by atoms with Crippen molar-refractivity contribution in [2.24, 2.45) is 11.8 Å². The van der Waals surface area contributed by atoms with E-state index in [1.807, 2.05) is 13.8 Å². The lowest BCUT2D eigenvalue weighted by Crippen LogP contribution is -2.18. The predicted molar refractivity (Wildman–Crippen MR) is 64.9 cm³/mol. The third-order valence-electron chi connectivity index (χ3n) is 3.14. The molecule has 0 aliphatic carbocycles. The van der Waals surface area contributed by atoms with E-state index in [9.17, 15) is 14.7 Å². The van der Waals surface area contributed by atoms with E-state index in [2.05, 4.69) is 0 Å². The number of aromatic hydroxyl groups is 1. The van der Waals surface area contributed by atoms with Crippen LogP contribution >= 0.6 is 0 Å². The molecule has 18 heavy (non-hydrogen) atoms. The zero-order valence-electron chi connectivity index (χ0n) is 10.4. The second kappa shape index (κ2) is 4.80. The maximum atomic E-state index is 11.8. The van der Waals surface area contributed by atoms with E-state index in [-0.39, 0.29) is 5.75 Å². The minimum Gasteiger partial charge on any atom is -0.508 e. The third-order valence-corrected chi connectivity index (χ3v) is 3.14. The van der Waals surface area contributed by atoms with Gasteiger partial charge in [0.15, 0.2) is 0 Å². The largest absolute Gasteiger partial charge is 0.508 e.